The number of carbonyl (C=O) groups is 1. The minimum atomic E-state index is -0.618. The van der Waals surface area contributed by atoms with Gasteiger partial charge in [-0.2, -0.15) is 0 Å². The number of hydrazine groups is 1. The average Bonchev–Trinajstić information content (AvgIpc) is 2.43. The molecule has 0 spiro atoms. The number of nitrogens with one attached hydrogen (secondary N) is 2. The van der Waals surface area contributed by atoms with Crippen LogP contribution in [-0.2, 0) is 0 Å². The Hall–Kier alpha value is -1.82. The van der Waals surface area contributed by atoms with Crippen LogP contribution in [0.25, 0.3) is 0 Å². The fourth-order valence-corrected chi connectivity index (χ4v) is 1.89. The van der Waals surface area contributed by atoms with Crippen LogP contribution in [0, 0.1) is 5.82 Å². The van der Waals surface area contributed by atoms with Crippen molar-refractivity contribution in [1.29, 1.82) is 0 Å². The third-order valence-electron chi connectivity index (χ3n) is 2.56. The molecule has 4 nitrogen and oxygen atoms in total. The molecular weight excluding hydrogens is 304 g/mol. The molecule has 0 heterocycles. The lowest BCUT2D eigenvalue weighted by Crippen LogP contribution is -2.17. The van der Waals surface area contributed by atoms with E-state index in [2.05, 4.69) is 10.7 Å². The molecule has 0 saturated carbocycles. The van der Waals surface area contributed by atoms with Crippen LogP contribution in [0.1, 0.15) is 10.4 Å². The van der Waals surface area contributed by atoms with Crippen molar-refractivity contribution < 1.29 is 9.18 Å². The standard InChI is InChI=1S/C13H10Cl2FN3O/c14-7-1-4-12(19-17)9(5-7)13(20)18-8-2-3-10(15)11(16)6-8/h1-6,19H,17H2,(H,18,20). The number of benzene rings is 2. The van der Waals surface area contributed by atoms with E-state index in [4.69, 9.17) is 29.0 Å². The van der Waals surface area contributed by atoms with Gasteiger partial charge in [0, 0.05) is 10.7 Å². The SMILES string of the molecule is NNc1ccc(Cl)cc1C(=O)Nc1ccc(Cl)c(F)c1. The number of anilines is 2. The summed E-state index contributed by atoms with van der Waals surface area (Å²) in [6, 6.07) is 8.59. The minimum absolute atomic E-state index is 0.0185. The molecule has 0 atom stereocenters. The minimum Gasteiger partial charge on any atom is -0.323 e. The molecule has 7 heteroatoms. The number of amides is 1. The van der Waals surface area contributed by atoms with E-state index in [1.54, 1.807) is 12.1 Å². The molecule has 0 aliphatic carbocycles. The Bertz CT molecular complexity index is 664. The van der Waals surface area contributed by atoms with Crippen molar-refractivity contribution in [3.05, 3.63) is 57.8 Å². The molecule has 0 radical (unpaired) electrons. The molecule has 20 heavy (non-hydrogen) atoms. The van der Waals surface area contributed by atoms with Crippen molar-refractivity contribution in [3.63, 3.8) is 0 Å². The number of halogens is 3. The first-order chi connectivity index (χ1) is 9.51. The third kappa shape index (κ3) is 3.19. The summed E-state index contributed by atoms with van der Waals surface area (Å²) in [6.45, 7) is 0. The Labute approximate surface area is 124 Å². The first kappa shape index (κ1) is 14.6. The third-order valence-corrected chi connectivity index (χ3v) is 3.10. The van der Waals surface area contributed by atoms with E-state index in [0.717, 1.165) is 6.07 Å². The number of hydrogen-bond acceptors (Lipinski definition) is 3. The molecule has 0 saturated heterocycles. The first-order valence-electron chi connectivity index (χ1n) is 5.54. The average molecular weight is 314 g/mol. The van der Waals surface area contributed by atoms with E-state index in [0.29, 0.717) is 10.7 Å². The van der Waals surface area contributed by atoms with Crippen molar-refractivity contribution >= 4 is 40.5 Å². The molecule has 2 aromatic carbocycles. The maximum Gasteiger partial charge on any atom is 0.257 e. The Morgan fingerprint density at radius 1 is 1.15 bits per heavy atom. The van der Waals surface area contributed by atoms with Crippen LogP contribution in [0.3, 0.4) is 0 Å². The van der Waals surface area contributed by atoms with Gasteiger partial charge in [-0.3, -0.25) is 10.6 Å². The fourth-order valence-electron chi connectivity index (χ4n) is 1.60. The molecular formula is C13H10Cl2FN3O. The second-order valence-corrected chi connectivity index (χ2v) is 4.76. The summed E-state index contributed by atoms with van der Waals surface area (Å²) < 4.78 is 13.3. The summed E-state index contributed by atoms with van der Waals surface area (Å²) in [4.78, 5) is 12.1. The smallest absolute Gasteiger partial charge is 0.257 e. The topological polar surface area (TPSA) is 67.1 Å². The van der Waals surface area contributed by atoms with Gasteiger partial charge >= 0.3 is 0 Å². The summed E-state index contributed by atoms with van der Waals surface area (Å²) in [5, 5.41) is 2.90. The lowest BCUT2D eigenvalue weighted by Gasteiger charge is -2.10. The van der Waals surface area contributed by atoms with E-state index in [1.807, 2.05) is 0 Å². The van der Waals surface area contributed by atoms with Gasteiger partial charge < -0.3 is 10.7 Å². The number of carbonyl (C=O) groups excluding carboxylic acids is 1. The molecule has 0 aliphatic heterocycles. The molecule has 0 fully saturated rings. The van der Waals surface area contributed by atoms with E-state index >= 15 is 0 Å². The second kappa shape index (κ2) is 6.09. The zero-order valence-electron chi connectivity index (χ0n) is 10.1. The first-order valence-corrected chi connectivity index (χ1v) is 6.29. The van der Waals surface area contributed by atoms with Gasteiger partial charge in [0.1, 0.15) is 5.82 Å². The Kier molecular flexibility index (Phi) is 4.44. The van der Waals surface area contributed by atoms with E-state index in [-0.39, 0.29) is 16.3 Å². The maximum atomic E-state index is 13.3. The van der Waals surface area contributed by atoms with Crippen molar-refractivity contribution in [3.8, 4) is 0 Å². The molecule has 0 unspecified atom stereocenters. The number of nitrogen functional groups attached to an aromatic ring is 1. The number of hydrogen-bond donors (Lipinski definition) is 3. The Balaban J connectivity index is 2.27. The fraction of sp³-hybridized carbons (Fsp3) is 0. The van der Waals surface area contributed by atoms with Gasteiger partial charge in [0.25, 0.3) is 5.91 Å². The zero-order chi connectivity index (χ0) is 14.7. The van der Waals surface area contributed by atoms with Crippen molar-refractivity contribution in [2.45, 2.75) is 0 Å². The predicted molar refractivity (Wildman–Crippen MR) is 78.6 cm³/mol. The van der Waals surface area contributed by atoms with Gasteiger partial charge in [-0.15, -0.1) is 0 Å². The molecule has 0 aromatic heterocycles. The van der Waals surface area contributed by atoms with Gasteiger partial charge in [0.2, 0.25) is 0 Å². The van der Waals surface area contributed by atoms with Crippen molar-refractivity contribution in [1.82, 2.24) is 0 Å². The lowest BCUT2D eigenvalue weighted by molar-refractivity contribution is 0.102. The number of nitrogens with two attached hydrogens (primary N) is 1. The van der Waals surface area contributed by atoms with Crippen LogP contribution < -0.4 is 16.6 Å². The van der Waals surface area contributed by atoms with E-state index in [9.17, 15) is 9.18 Å². The van der Waals surface area contributed by atoms with Gasteiger partial charge in [-0.1, -0.05) is 23.2 Å². The van der Waals surface area contributed by atoms with Crippen LogP contribution in [0.2, 0.25) is 10.0 Å². The quantitative estimate of drug-likeness (QED) is 0.598. The van der Waals surface area contributed by atoms with Crippen molar-refractivity contribution in [2.75, 3.05) is 10.7 Å². The zero-order valence-corrected chi connectivity index (χ0v) is 11.6. The summed E-state index contributed by atoms with van der Waals surface area (Å²) in [6.07, 6.45) is 0. The summed E-state index contributed by atoms with van der Waals surface area (Å²) >= 11 is 11.4. The lowest BCUT2D eigenvalue weighted by atomic mass is 10.1. The Morgan fingerprint density at radius 2 is 1.90 bits per heavy atom. The highest BCUT2D eigenvalue weighted by Crippen LogP contribution is 2.23. The maximum absolute atomic E-state index is 13.3. The molecule has 2 rings (SSSR count). The van der Waals surface area contributed by atoms with Crippen LogP contribution in [-0.4, -0.2) is 5.91 Å². The van der Waals surface area contributed by atoms with Crippen LogP contribution in [0.15, 0.2) is 36.4 Å². The summed E-state index contributed by atoms with van der Waals surface area (Å²) in [5.74, 6) is 4.24. The molecule has 2 aromatic rings. The van der Waals surface area contributed by atoms with Crippen molar-refractivity contribution in [2.24, 2.45) is 5.84 Å². The van der Waals surface area contributed by atoms with Gasteiger partial charge in [0.15, 0.2) is 0 Å². The highest BCUT2D eigenvalue weighted by molar-refractivity contribution is 6.31. The van der Waals surface area contributed by atoms with E-state index in [1.165, 1.54) is 18.2 Å². The predicted octanol–water partition coefficient (Wildman–Crippen LogP) is 3.67. The van der Waals surface area contributed by atoms with Crippen LogP contribution >= 0.6 is 23.2 Å². The normalized spacial score (nSPS) is 10.2. The highest BCUT2D eigenvalue weighted by Gasteiger charge is 2.12. The second-order valence-electron chi connectivity index (χ2n) is 3.92. The molecule has 0 bridgehead atoms. The van der Waals surface area contributed by atoms with Gasteiger partial charge in [0.05, 0.1) is 16.3 Å². The van der Waals surface area contributed by atoms with Crippen LogP contribution in [0.4, 0.5) is 15.8 Å². The molecule has 1 amide bonds. The van der Waals surface area contributed by atoms with Crippen LogP contribution in [0.5, 0.6) is 0 Å². The summed E-state index contributed by atoms with van der Waals surface area (Å²) in [7, 11) is 0. The molecule has 4 N–H and O–H groups in total. The summed E-state index contributed by atoms with van der Waals surface area (Å²) in [5.41, 5.74) is 3.32. The monoisotopic (exact) mass is 313 g/mol. The molecule has 104 valence electrons. The number of rotatable bonds is 3. The Morgan fingerprint density at radius 3 is 2.55 bits per heavy atom. The van der Waals surface area contributed by atoms with Gasteiger partial charge in [-0.05, 0) is 36.4 Å². The highest BCUT2D eigenvalue weighted by atomic mass is 35.5. The van der Waals surface area contributed by atoms with Gasteiger partial charge in [-0.25, -0.2) is 4.39 Å². The van der Waals surface area contributed by atoms with E-state index < -0.39 is 11.7 Å². The largest absolute Gasteiger partial charge is 0.323 e. The molecule has 0 aliphatic rings.